The number of rotatable bonds is 2. The van der Waals surface area contributed by atoms with E-state index in [4.69, 9.17) is 0 Å². The van der Waals surface area contributed by atoms with Gasteiger partial charge in [0.1, 0.15) is 0 Å². The molecule has 1 aliphatic rings. The molecule has 2 aromatic carbocycles. The second-order valence-electron chi connectivity index (χ2n) is 6.05. The Labute approximate surface area is 146 Å². The summed E-state index contributed by atoms with van der Waals surface area (Å²) in [5, 5.41) is 0. The monoisotopic (exact) mass is 340 g/mol. The molecule has 0 N–H and O–H groups in total. The van der Waals surface area contributed by atoms with Crippen LogP contribution in [-0.4, -0.2) is 0 Å². The van der Waals surface area contributed by atoms with Gasteiger partial charge in [-0.3, -0.25) is 0 Å². The summed E-state index contributed by atoms with van der Waals surface area (Å²) < 4.78 is 38.6. The van der Waals surface area contributed by atoms with E-state index in [2.05, 4.69) is 18.2 Å². The van der Waals surface area contributed by atoms with Crippen molar-refractivity contribution in [1.82, 2.24) is 0 Å². The summed E-state index contributed by atoms with van der Waals surface area (Å²) in [7, 11) is 0. The normalized spacial score (nSPS) is 19.9. The topological polar surface area (TPSA) is 0 Å². The summed E-state index contributed by atoms with van der Waals surface area (Å²) >= 11 is 0. The summed E-state index contributed by atoms with van der Waals surface area (Å²) in [5.74, 6) is 0. The molecule has 0 bridgehead atoms. The van der Waals surface area contributed by atoms with E-state index in [0.717, 1.165) is 36.5 Å². The Hall–Kier alpha value is -2.55. The van der Waals surface area contributed by atoms with Gasteiger partial charge in [-0.15, -0.1) is 0 Å². The lowest BCUT2D eigenvalue weighted by molar-refractivity contribution is -0.137. The summed E-state index contributed by atoms with van der Waals surface area (Å²) in [4.78, 5) is 0. The van der Waals surface area contributed by atoms with Crippen molar-refractivity contribution in [2.24, 2.45) is 0 Å². The van der Waals surface area contributed by atoms with Gasteiger partial charge in [0.25, 0.3) is 0 Å². The first-order valence-corrected chi connectivity index (χ1v) is 8.34. The Kier molecular flexibility index (Phi) is 5.22. The molecule has 0 saturated heterocycles. The molecule has 2 aromatic rings. The van der Waals surface area contributed by atoms with Crippen molar-refractivity contribution in [2.75, 3.05) is 0 Å². The molecule has 0 radical (unpaired) electrons. The molecule has 0 saturated carbocycles. The van der Waals surface area contributed by atoms with Crippen LogP contribution in [-0.2, 0) is 6.18 Å². The molecule has 0 aromatic heterocycles. The molecule has 0 spiro atoms. The van der Waals surface area contributed by atoms with Gasteiger partial charge >= 0.3 is 6.18 Å². The third kappa shape index (κ3) is 4.50. The maximum absolute atomic E-state index is 12.9. The molecule has 1 aliphatic carbocycles. The average Bonchev–Trinajstić information content (AvgIpc) is 2.75. The first-order chi connectivity index (χ1) is 12.0. The van der Waals surface area contributed by atoms with Crippen LogP contribution in [0.4, 0.5) is 13.2 Å². The van der Waals surface area contributed by atoms with E-state index in [-0.39, 0.29) is 0 Å². The Morgan fingerprint density at radius 2 is 1.52 bits per heavy atom. The molecule has 128 valence electrons. The summed E-state index contributed by atoms with van der Waals surface area (Å²) in [6.07, 6.45) is 9.15. The van der Waals surface area contributed by atoms with Crippen molar-refractivity contribution in [3.63, 3.8) is 0 Å². The minimum absolute atomic E-state index is 0.578. The number of halogens is 3. The van der Waals surface area contributed by atoms with Crippen LogP contribution in [0.25, 0.3) is 16.7 Å². The molecule has 0 aliphatic heterocycles. The number of allylic oxidation sites excluding steroid dienone is 6. The predicted molar refractivity (Wildman–Crippen MR) is 97.0 cm³/mol. The molecule has 0 unspecified atom stereocenters. The zero-order valence-corrected chi connectivity index (χ0v) is 13.8. The van der Waals surface area contributed by atoms with Crippen molar-refractivity contribution in [1.29, 1.82) is 0 Å². The zero-order valence-electron chi connectivity index (χ0n) is 13.8. The Morgan fingerprint density at radius 3 is 2.28 bits per heavy atom. The lowest BCUT2D eigenvalue weighted by atomic mass is 9.96. The molecule has 0 nitrogen and oxygen atoms in total. The first kappa shape index (κ1) is 17.3. The van der Waals surface area contributed by atoms with E-state index in [0.29, 0.717) is 5.56 Å². The smallest absolute Gasteiger partial charge is 0.166 e. The van der Waals surface area contributed by atoms with Crippen LogP contribution in [0.3, 0.4) is 0 Å². The highest BCUT2D eigenvalue weighted by atomic mass is 19.4. The number of alkyl halides is 3. The van der Waals surface area contributed by atoms with Crippen LogP contribution in [0.2, 0.25) is 0 Å². The lowest BCUT2D eigenvalue weighted by Crippen LogP contribution is -2.04. The van der Waals surface area contributed by atoms with Gasteiger partial charge in [0.2, 0.25) is 0 Å². The Morgan fingerprint density at radius 1 is 0.760 bits per heavy atom. The van der Waals surface area contributed by atoms with Gasteiger partial charge in [-0.2, -0.15) is 13.2 Å². The van der Waals surface area contributed by atoms with E-state index in [9.17, 15) is 13.2 Å². The van der Waals surface area contributed by atoms with E-state index >= 15 is 0 Å². The zero-order chi connectivity index (χ0) is 17.7. The number of hydrogen-bond acceptors (Lipinski definition) is 0. The first-order valence-electron chi connectivity index (χ1n) is 8.34. The molecule has 3 heteroatoms. The van der Waals surface area contributed by atoms with E-state index in [1.54, 1.807) is 6.07 Å². The SMILES string of the molecule is FC(F)(F)c1cccc(-c2ccc(/C3=C/C=C\C=C/CCC3)cc2)c1. The second-order valence-corrected chi connectivity index (χ2v) is 6.05. The fraction of sp³-hybridized carbons (Fsp3) is 0.182. The number of hydrogen-bond donors (Lipinski definition) is 0. The Bertz CT molecular complexity index is 806. The molecule has 0 atom stereocenters. The van der Waals surface area contributed by atoms with Gasteiger partial charge in [-0.05, 0) is 53.7 Å². The van der Waals surface area contributed by atoms with Gasteiger partial charge < -0.3 is 0 Å². The molecule has 0 amide bonds. The summed E-state index contributed by atoms with van der Waals surface area (Å²) in [6, 6.07) is 13.2. The standard InChI is InChI=1S/C22H19F3/c23-22(24,25)21-11-7-10-20(16-21)19-14-12-18(13-15-19)17-8-5-3-1-2-4-6-9-17/h1-3,5,7-8,10-16H,4,6,9H2/b2-1-,5-3-,17-8+. The molecular weight excluding hydrogens is 321 g/mol. The van der Waals surface area contributed by atoms with E-state index < -0.39 is 11.7 Å². The van der Waals surface area contributed by atoms with Gasteiger partial charge in [0.05, 0.1) is 5.56 Å². The lowest BCUT2D eigenvalue weighted by Gasteiger charge is -2.10. The minimum Gasteiger partial charge on any atom is -0.166 e. The van der Waals surface area contributed by atoms with Crippen LogP contribution >= 0.6 is 0 Å². The van der Waals surface area contributed by atoms with Gasteiger partial charge in [0.15, 0.2) is 0 Å². The van der Waals surface area contributed by atoms with Crippen molar-refractivity contribution in [2.45, 2.75) is 25.4 Å². The molecular formula is C22H19F3. The van der Waals surface area contributed by atoms with Crippen LogP contribution in [0.5, 0.6) is 0 Å². The van der Waals surface area contributed by atoms with Crippen LogP contribution in [0.1, 0.15) is 30.4 Å². The third-order valence-electron chi connectivity index (χ3n) is 4.25. The summed E-state index contributed by atoms with van der Waals surface area (Å²) in [5.41, 5.74) is 3.10. The number of benzene rings is 2. The van der Waals surface area contributed by atoms with Crippen molar-refractivity contribution >= 4 is 5.57 Å². The highest BCUT2D eigenvalue weighted by Gasteiger charge is 2.30. The van der Waals surface area contributed by atoms with Crippen LogP contribution < -0.4 is 0 Å². The van der Waals surface area contributed by atoms with Gasteiger partial charge in [-0.1, -0.05) is 66.8 Å². The molecule has 0 fully saturated rings. The second kappa shape index (κ2) is 7.56. The van der Waals surface area contributed by atoms with Crippen molar-refractivity contribution in [3.8, 4) is 11.1 Å². The molecule has 3 rings (SSSR count). The van der Waals surface area contributed by atoms with Crippen molar-refractivity contribution < 1.29 is 13.2 Å². The maximum Gasteiger partial charge on any atom is 0.416 e. The highest BCUT2D eigenvalue weighted by Crippen LogP contribution is 2.32. The summed E-state index contributed by atoms with van der Waals surface area (Å²) in [6.45, 7) is 0. The quantitative estimate of drug-likeness (QED) is 0.549. The molecule has 25 heavy (non-hydrogen) atoms. The average molecular weight is 340 g/mol. The van der Waals surface area contributed by atoms with Gasteiger partial charge in [-0.25, -0.2) is 0 Å². The third-order valence-corrected chi connectivity index (χ3v) is 4.25. The van der Waals surface area contributed by atoms with E-state index in [1.807, 2.05) is 36.4 Å². The predicted octanol–water partition coefficient (Wildman–Crippen LogP) is 7.05. The fourth-order valence-electron chi connectivity index (χ4n) is 2.90. The fourth-order valence-corrected chi connectivity index (χ4v) is 2.90. The highest BCUT2D eigenvalue weighted by molar-refractivity contribution is 5.71. The van der Waals surface area contributed by atoms with Crippen LogP contribution in [0, 0.1) is 0 Å². The van der Waals surface area contributed by atoms with Crippen LogP contribution in [0.15, 0.2) is 78.9 Å². The largest absolute Gasteiger partial charge is 0.416 e. The van der Waals surface area contributed by atoms with E-state index in [1.165, 1.54) is 17.7 Å². The Balaban J connectivity index is 1.86. The molecule has 0 heterocycles. The van der Waals surface area contributed by atoms with Crippen molar-refractivity contribution in [3.05, 3.63) is 90.0 Å². The minimum atomic E-state index is -4.32. The van der Waals surface area contributed by atoms with Gasteiger partial charge in [0, 0.05) is 0 Å². The maximum atomic E-state index is 12.9.